The minimum Gasteiger partial charge on any atom is -0.463 e. The quantitative estimate of drug-likeness (QED) is 0.544. The molecular weight excluding hydrogens is 204 g/mol. The zero-order chi connectivity index (χ0) is 12.1. The predicted octanol–water partition coefficient (Wildman–Crippen LogP) is 2.50. The summed E-state index contributed by atoms with van der Waals surface area (Å²) < 4.78 is 4.86. The van der Waals surface area contributed by atoms with Gasteiger partial charge in [-0.05, 0) is 26.2 Å². The molecule has 0 heterocycles. The molecule has 0 radical (unpaired) electrons. The van der Waals surface area contributed by atoms with Gasteiger partial charge in [0.05, 0.1) is 6.61 Å². The van der Waals surface area contributed by atoms with Crippen LogP contribution in [0.4, 0.5) is 0 Å². The molecule has 0 aliphatic heterocycles. The van der Waals surface area contributed by atoms with E-state index in [-0.39, 0.29) is 23.6 Å². The molecule has 1 rings (SSSR count). The van der Waals surface area contributed by atoms with E-state index in [4.69, 9.17) is 4.74 Å². The van der Waals surface area contributed by atoms with Gasteiger partial charge in [0.2, 0.25) is 0 Å². The molecule has 0 N–H and O–H groups in total. The van der Waals surface area contributed by atoms with Crippen LogP contribution in [0.25, 0.3) is 0 Å². The van der Waals surface area contributed by atoms with Crippen LogP contribution in [-0.4, -0.2) is 18.4 Å². The summed E-state index contributed by atoms with van der Waals surface area (Å²) in [7, 11) is 0. The topological polar surface area (TPSA) is 43.4 Å². The van der Waals surface area contributed by atoms with Crippen LogP contribution in [0.3, 0.4) is 0 Å². The van der Waals surface area contributed by atoms with Gasteiger partial charge in [-0.15, -0.1) is 0 Å². The number of ether oxygens (including phenoxy) is 1. The summed E-state index contributed by atoms with van der Waals surface area (Å²) in [6.07, 6.45) is 3.37. The highest BCUT2D eigenvalue weighted by Crippen LogP contribution is 2.29. The van der Waals surface area contributed by atoms with Crippen LogP contribution in [0.5, 0.6) is 0 Å². The van der Waals surface area contributed by atoms with E-state index in [1.54, 1.807) is 6.92 Å². The van der Waals surface area contributed by atoms with Gasteiger partial charge in [-0.2, -0.15) is 0 Å². The summed E-state index contributed by atoms with van der Waals surface area (Å²) in [6, 6.07) is 0. The number of Topliss-reactive ketones (excluding diaryl/α,β-unsaturated/α-hetero) is 1. The molecule has 3 nitrogen and oxygen atoms in total. The number of carbonyl (C=O) groups is 2. The molecule has 0 aromatic rings. The Morgan fingerprint density at radius 1 is 1.50 bits per heavy atom. The third kappa shape index (κ3) is 3.19. The standard InChI is InChI=1S/C13H20O3/c1-4-16-13(15)10(3)8-11-7-5-6-9(2)12(11)14/h9,11H,3-8H2,1-2H3/t9-,11-/m0/s1. The number of carbonyl (C=O) groups excluding carboxylic acids is 2. The Bertz CT molecular complexity index is 294. The van der Waals surface area contributed by atoms with E-state index in [9.17, 15) is 9.59 Å². The van der Waals surface area contributed by atoms with Crippen LogP contribution in [0, 0.1) is 11.8 Å². The lowest BCUT2D eigenvalue weighted by atomic mass is 9.78. The maximum Gasteiger partial charge on any atom is 0.333 e. The van der Waals surface area contributed by atoms with Gasteiger partial charge in [0.15, 0.2) is 0 Å². The molecule has 0 aromatic carbocycles. The number of hydrogen-bond donors (Lipinski definition) is 0. The van der Waals surface area contributed by atoms with Crippen LogP contribution in [0.2, 0.25) is 0 Å². The van der Waals surface area contributed by atoms with Crippen molar-refractivity contribution in [2.24, 2.45) is 11.8 Å². The fourth-order valence-corrected chi connectivity index (χ4v) is 2.17. The molecule has 1 aliphatic carbocycles. The fourth-order valence-electron chi connectivity index (χ4n) is 2.17. The van der Waals surface area contributed by atoms with Crippen molar-refractivity contribution in [1.82, 2.24) is 0 Å². The predicted molar refractivity (Wildman–Crippen MR) is 61.9 cm³/mol. The van der Waals surface area contributed by atoms with Crippen LogP contribution in [-0.2, 0) is 14.3 Å². The number of rotatable bonds is 4. The second-order valence-corrected chi connectivity index (χ2v) is 4.46. The van der Waals surface area contributed by atoms with E-state index >= 15 is 0 Å². The molecular formula is C13H20O3. The zero-order valence-electron chi connectivity index (χ0n) is 10.1. The van der Waals surface area contributed by atoms with Crippen molar-refractivity contribution < 1.29 is 14.3 Å². The minimum atomic E-state index is -0.367. The summed E-state index contributed by atoms with van der Waals surface area (Å²) in [5.74, 6) is 0.0135. The molecule has 0 spiro atoms. The highest BCUT2D eigenvalue weighted by atomic mass is 16.5. The van der Waals surface area contributed by atoms with E-state index in [2.05, 4.69) is 6.58 Å². The summed E-state index contributed by atoms with van der Waals surface area (Å²) >= 11 is 0. The normalized spacial score (nSPS) is 25.2. The van der Waals surface area contributed by atoms with Crippen molar-refractivity contribution >= 4 is 11.8 Å². The van der Waals surface area contributed by atoms with Gasteiger partial charge in [0.25, 0.3) is 0 Å². The van der Waals surface area contributed by atoms with E-state index in [1.807, 2.05) is 6.92 Å². The van der Waals surface area contributed by atoms with Crippen molar-refractivity contribution in [2.75, 3.05) is 6.61 Å². The molecule has 1 saturated carbocycles. The van der Waals surface area contributed by atoms with Crippen molar-refractivity contribution in [3.05, 3.63) is 12.2 Å². The first-order valence-electron chi connectivity index (χ1n) is 5.94. The molecule has 1 fully saturated rings. The maximum atomic E-state index is 11.8. The first-order chi connectivity index (χ1) is 7.56. The van der Waals surface area contributed by atoms with Crippen LogP contribution >= 0.6 is 0 Å². The lowest BCUT2D eigenvalue weighted by molar-refractivity contribution is -0.138. The van der Waals surface area contributed by atoms with E-state index < -0.39 is 0 Å². The summed E-state index contributed by atoms with van der Waals surface area (Å²) in [5.41, 5.74) is 0.425. The lowest BCUT2D eigenvalue weighted by Gasteiger charge is -2.25. The third-order valence-electron chi connectivity index (χ3n) is 3.13. The van der Waals surface area contributed by atoms with E-state index in [0.717, 1.165) is 19.3 Å². The first-order valence-corrected chi connectivity index (χ1v) is 5.94. The molecule has 0 bridgehead atoms. The van der Waals surface area contributed by atoms with E-state index in [0.29, 0.717) is 18.6 Å². The van der Waals surface area contributed by atoms with E-state index in [1.165, 1.54) is 0 Å². The Morgan fingerprint density at radius 2 is 2.19 bits per heavy atom. The highest BCUT2D eigenvalue weighted by Gasteiger charge is 2.29. The molecule has 0 aromatic heterocycles. The smallest absolute Gasteiger partial charge is 0.333 e. The van der Waals surface area contributed by atoms with Crippen LogP contribution < -0.4 is 0 Å². The maximum absolute atomic E-state index is 11.8. The van der Waals surface area contributed by atoms with Crippen molar-refractivity contribution in [3.8, 4) is 0 Å². The van der Waals surface area contributed by atoms with Crippen LogP contribution in [0.1, 0.15) is 39.5 Å². The van der Waals surface area contributed by atoms with Gasteiger partial charge in [0.1, 0.15) is 5.78 Å². The Kier molecular flexibility index (Phi) is 4.71. The number of hydrogen-bond acceptors (Lipinski definition) is 3. The highest BCUT2D eigenvalue weighted by molar-refractivity contribution is 5.90. The number of esters is 1. The van der Waals surface area contributed by atoms with Crippen molar-refractivity contribution in [2.45, 2.75) is 39.5 Å². The molecule has 3 heteroatoms. The first kappa shape index (κ1) is 12.9. The zero-order valence-corrected chi connectivity index (χ0v) is 10.1. The molecule has 2 atom stereocenters. The third-order valence-corrected chi connectivity index (χ3v) is 3.13. The van der Waals surface area contributed by atoms with Gasteiger partial charge in [0, 0.05) is 17.4 Å². The molecule has 0 unspecified atom stereocenters. The Labute approximate surface area is 96.9 Å². The average Bonchev–Trinajstić information content (AvgIpc) is 2.25. The molecule has 1 aliphatic rings. The van der Waals surface area contributed by atoms with Crippen molar-refractivity contribution in [1.29, 1.82) is 0 Å². The van der Waals surface area contributed by atoms with Gasteiger partial charge < -0.3 is 4.74 Å². The Hall–Kier alpha value is -1.12. The average molecular weight is 224 g/mol. The largest absolute Gasteiger partial charge is 0.463 e. The van der Waals surface area contributed by atoms with Crippen molar-refractivity contribution in [3.63, 3.8) is 0 Å². The molecule has 0 amide bonds. The summed E-state index contributed by atoms with van der Waals surface area (Å²) in [4.78, 5) is 23.2. The SMILES string of the molecule is C=C(C[C@@H]1CCC[C@H](C)C1=O)C(=O)OCC. The van der Waals surface area contributed by atoms with Crippen LogP contribution in [0.15, 0.2) is 12.2 Å². The fraction of sp³-hybridized carbons (Fsp3) is 0.692. The van der Waals surface area contributed by atoms with Gasteiger partial charge in [-0.1, -0.05) is 19.9 Å². The number of ketones is 1. The molecule has 16 heavy (non-hydrogen) atoms. The summed E-state index contributed by atoms with van der Waals surface area (Å²) in [6.45, 7) is 7.78. The monoisotopic (exact) mass is 224 g/mol. The van der Waals surface area contributed by atoms with Gasteiger partial charge in [-0.25, -0.2) is 4.79 Å². The Balaban J connectivity index is 2.50. The van der Waals surface area contributed by atoms with Gasteiger partial charge >= 0.3 is 5.97 Å². The molecule has 90 valence electrons. The van der Waals surface area contributed by atoms with Gasteiger partial charge in [-0.3, -0.25) is 4.79 Å². The second kappa shape index (κ2) is 5.83. The minimum absolute atomic E-state index is 0.0272. The summed E-state index contributed by atoms with van der Waals surface area (Å²) in [5, 5.41) is 0. The second-order valence-electron chi connectivity index (χ2n) is 4.46. The molecule has 0 saturated heterocycles. The Morgan fingerprint density at radius 3 is 2.81 bits per heavy atom. The lowest BCUT2D eigenvalue weighted by Crippen LogP contribution is -2.27.